The van der Waals surface area contributed by atoms with Crippen molar-refractivity contribution in [1.29, 1.82) is 0 Å². The van der Waals surface area contributed by atoms with Gasteiger partial charge >= 0.3 is 5.97 Å². The van der Waals surface area contributed by atoms with Crippen LogP contribution in [0.1, 0.15) is 22.3 Å². The predicted molar refractivity (Wildman–Crippen MR) is 127 cm³/mol. The molecule has 32 heavy (non-hydrogen) atoms. The highest BCUT2D eigenvalue weighted by Crippen LogP contribution is 2.19. The molecule has 0 aliphatic heterocycles. The second kappa shape index (κ2) is 11.2. The lowest BCUT2D eigenvalue weighted by atomic mass is 10.1. The number of rotatable bonds is 8. The van der Waals surface area contributed by atoms with Crippen molar-refractivity contribution in [2.24, 2.45) is 0 Å². The maximum atomic E-state index is 12.0. The van der Waals surface area contributed by atoms with E-state index in [0.717, 1.165) is 22.3 Å². The van der Waals surface area contributed by atoms with Gasteiger partial charge in [-0.05, 0) is 60.9 Å². The van der Waals surface area contributed by atoms with E-state index in [2.05, 4.69) is 5.32 Å². The minimum atomic E-state index is -0.597. The summed E-state index contributed by atoms with van der Waals surface area (Å²) in [6.45, 7) is 3.85. The van der Waals surface area contributed by atoms with E-state index in [0.29, 0.717) is 23.1 Å². The standard InChI is InChI=1S/C26H24ClNO4/c1-18-7-8-19(2)24(15-18)28-25(29)17-32-26(30)14-11-20-9-12-22(13-10-20)31-16-21-5-3-4-6-23(21)27/h3-15H,16-17H2,1-2H3,(H,28,29)/b14-11+. The van der Waals surface area contributed by atoms with Crippen LogP contribution in [-0.2, 0) is 20.9 Å². The third-order valence-corrected chi connectivity index (χ3v) is 5.03. The summed E-state index contributed by atoms with van der Waals surface area (Å²) >= 11 is 6.13. The van der Waals surface area contributed by atoms with Crippen molar-refractivity contribution in [3.8, 4) is 5.75 Å². The van der Waals surface area contributed by atoms with Crippen LogP contribution in [0.4, 0.5) is 5.69 Å². The number of aryl methyl sites for hydroxylation is 2. The first kappa shape index (κ1) is 23.1. The lowest BCUT2D eigenvalue weighted by Crippen LogP contribution is -2.20. The third kappa shape index (κ3) is 7.00. The van der Waals surface area contributed by atoms with Gasteiger partial charge in [-0.15, -0.1) is 0 Å². The molecule has 3 aromatic carbocycles. The maximum Gasteiger partial charge on any atom is 0.331 e. The highest BCUT2D eigenvalue weighted by Gasteiger charge is 2.08. The zero-order valence-corrected chi connectivity index (χ0v) is 18.7. The zero-order chi connectivity index (χ0) is 22.9. The van der Waals surface area contributed by atoms with Crippen LogP contribution in [-0.4, -0.2) is 18.5 Å². The van der Waals surface area contributed by atoms with E-state index >= 15 is 0 Å². The molecule has 3 aromatic rings. The summed E-state index contributed by atoms with van der Waals surface area (Å²) in [5.74, 6) is -0.298. The molecule has 0 bridgehead atoms. The molecule has 6 heteroatoms. The summed E-state index contributed by atoms with van der Waals surface area (Å²) in [6, 6.07) is 20.5. The number of esters is 1. The monoisotopic (exact) mass is 449 g/mol. The van der Waals surface area contributed by atoms with E-state index in [1.807, 2.05) is 68.4 Å². The molecular formula is C26H24ClNO4. The summed E-state index contributed by atoms with van der Waals surface area (Å²) in [7, 11) is 0. The Morgan fingerprint density at radius 3 is 2.50 bits per heavy atom. The van der Waals surface area contributed by atoms with E-state index < -0.39 is 5.97 Å². The fourth-order valence-corrected chi connectivity index (χ4v) is 3.05. The van der Waals surface area contributed by atoms with Crippen molar-refractivity contribution in [2.75, 3.05) is 11.9 Å². The largest absolute Gasteiger partial charge is 0.489 e. The SMILES string of the molecule is Cc1ccc(C)c(NC(=O)COC(=O)/C=C/c2ccc(OCc3ccccc3Cl)cc2)c1. The van der Waals surface area contributed by atoms with Gasteiger partial charge in [-0.2, -0.15) is 0 Å². The first-order valence-electron chi connectivity index (χ1n) is 10.1. The van der Waals surface area contributed by atoms with Crippen LogP contribution < -0.4 is 10.1 Å². The molecule has 0 aliphatic rings. The fourth-order valence-electron chi connectivity index (χ4n) is 2.86. The van der Waals surface area contributed by atoms with Crippen molar-refractivity contribution in [2.45, 2.75) is 20.5 Å². The van der Waals surface area contributed by atoms with Gasteiger partial charge in [-0.25, -0.2) is 4.79 Å². The van der Waals surface area contributed by atoms with Crippen molar-refractivity contribution in [3.05, 3.63) is 100 Å². The first-order valence-corrected chi connectivity index (χ1v) is 10.5. The molecule has 1 N–H and O–H groups in total. The van der Waals surface area contributed by atoms with Gasteiger partial charge in [0.15, 0.2) is 6.61 Å². The van der Waals surface area contributed by atoms with Gasteiger partial charge in [0.25, 0.3) is 5.91 Å². The molecule has 1 amide bonds. The van der Waals surface area contributed by atoms with Crippen molar-refractivity contribution in [1.82, 2.24) is 0 Å². The quantitative estimate of drug-likeness (QED) is 0.352. The number of hydrogen-bond donors (Lipinski definition) is 1. The Kier molecular flexibility index (Phi) is 8.06. The second-order valence-corrected chi connectivity index (χ2v) is 7.66. The van der Waals surface area contributed by atoms with Gasteiger partial charge in [0.2, 0.25) is 0 Å². The lowest BCUT2D eigenvalue weighted by molar-refractivity contribution is -0.142. The molecule has 0 fully saturated rings. The van der Waals surface area contributed by atoms with E-state index in [1.165, 1.54) is 6.08 Å². The molecule has 5 nitrogen and oxygen atoms in total. The molecule has 0 aromatic heterocycles. The number of halogens is 1. The molecule has 0 saturated carbocycles. The summed E-state index contributed by atoms with van der Waals surface area (Å²) in [6.07, 6.45) is 2.90. The highest BCUT2D eigenvalue weighted by atomic mass is 35.5. The normalized spacial score (nSPS) is 10.7. The minimum absolute atomic E-state index is 0.356. The predicted octanol–water partition coefficient (Wildman–Crippen LogP) is 5.73. The first-order chi connectivity index (χ1) is 15.4. The number of anilines is 1. The van der Waals surface area contributed by atoms with Crippen molar-refractivity contribution in [3.63, 3.8) is 0 Å². The smallest absolute Gasteiger partial charge is 0.331 e. The molecule has 0 aliphatic carbocycles. The van der Waals surface area contributed by atoms with Crippen LogP contribution in [0.3, 0.4) is 0 Å². The van der Waals surface area contributed by atoms with Gasteiger partial charge in [-0.1, -0.05) is 54.1 Å². The molecule has 0 spiro atoms. The molecule has 0 saturated heterocycles. The Morgan fingerprint density at radius 1 is 1.00 bits per heavy atom. The second-order valence-electron chi connectivity index (χ2n) is 7.26. The topological polar surface area (TPSA) is 64.6 Å². The number of carbonyl (C=O) groups is 2. The minimum Gasteiger partial charge on any atom is -0.489 e. The number of amides is 1. The Bertz CT molecular complexity index is 1120. The van der Waals surface area contributed by atoms with Gasteiger partial charge in [0, 0.05) is 22.3 Å². The molecule has 0 atom stereocenters. The van der Waals surface area contributed by atoms with Gasteiger partial charge < -0.3 is 14.8 Å². The third-order valence-electron chi connectivity index (χ3n) is 4.66. The molecular weight excluding hydrogens is 426 g/mol. The van der Waals surface area contributed by atoms with Crippen LogP contribution >= 0.6 is 11.6 Å². The van der Waals surface area contributed by atoms with Gasteiger partial charge in [0.05, 0.1) is 0 Å². The number of nitrogens with one attached hydrogen (secondary N) is 1. The molecule has 164 valence electrons. The summed E-state index contributed by atoms with van der Waals surface area (Å²) in [5, 5.41) is 3.41. The number of carbonyl (C=O) groups excluding carboxylic acids is 2. The van der Waals surface area contributed by atoms with Crippen molar-refractivity contribution >= 4 is 35.2 Å². The maximum absolute atomic E-state index is 12.0. The van der Waals surface area contributed by atoms with E-state index in [-0.39, 0.29) is 12.5 Å². The lowest BCUT2D eigenvalue weighted by Gasteiger charge is -2.09. The average Bonchev–Trinajstić information content (AvgIpc) is 2.79. The molecule has 0 heterocycles. The fraction of sp³-hybridized carbons (Fsp3) is 0.154. The number of hydrogen-bond acceptors (Lipinski definition) is 4. The Labute approximate surface area is 192 Å². The Morgan fingerprint density at radius 2 is 1.75 bits per heavy atom. The van der Waals surface area contributed by atoms with Crippen LogP contribution in [0.5, 0.6) is 5.75 Å². The average molecular weight is 450 g/mol. The van der Waals surface area contributed by atoms with E-state index in [4.69, 9.17) is 21.1 Å². The van der Waals surface area contributed by atoms with Gasteiger partial charge in [-0.3, -0.25) is 4.79 Å². The van der Waals surface area contributed by atoms with Crippen LogP contribution in [0.25, 0.3) is 6.08 Å². The van der Waals surface area contributed by atoms with Crippen LogP contribution in [0.15, 0.2) is 72.8 Å². The van der Waals surface area contributed by atoms with Gasteiger partial charge in [0.1, 0.15) is 12.4 Å². The Balaban J connectivity index is 1.45. The molecule has 3 rings (SSSR count). The summed E-state index contributed by atoms with van der Waals surface area (Å²) in [5.41, 5.74) is 4.38. The van der Waals surface area contributed by atoms with Crippen LogP contribution in [0, 0.1) is 13.8 Å². The van der Waals surface area contributed by atoms with Crippen molar-refractivity contribution < 1.29 is 19.1 Å². The summed E-state index contributed by atoms with van der Waals surface area (Å²) < 4.78 is 10.8. The zero-order valence-electron chi connectivity index (χ0n) is 17.9. The van der Waals surface area contributed by atoms with E-state index in [9.17, 15) is 9.59 Å². The van der Waals surface area contributed by atoms with E-state index in [1.54, 1.807) is 18.2 Å². The van der Waals surface area contributed by atoms with Crippen LogP contribution in [0.2, 0.25) is 5.02 Å². The number of ether oxygens (including phenoxy) is 2. The highest BCUT2D eigenvalue weighted by molar-refractivity contribution is 6.31. The summed E-state index contributed by atoms with van der Waals surface area (Å²) in [4.78, 5) is 24.0. The molecule has 0 unspecified atom stereocenters. The molecule has 0 radical (unpaired) electrons. The Hall–Kier alpha value is -3.57. The number of benzene rings is 3.